The first-order valence-corrected chi connectivity index (χ1v) is 6.87. The van der Waals surface area contributed by atoms with Gasteiger partial charge in [-0.05, 0) is 28.8 Å². The lowest BCUT2D eigenvalue weighted by atomic mass is 10.0. The SMILES string of the molecule is [C-]#[N+]c1ccc(Cn2cncn2)cc1-c1ccc(Cl)c(O)c1. The van der Waals surface area contributed by atoms with Crippen LogP contribution in [-0.2, 0) is 6.54 Å². The van der Waals surface area contributed by atoms with Gasteiger partial charge in [0.15, 0.2) is 5.69 Å². The summed E-state index contributed by atoms with van der Waals surface area (Å²) in [6.45, 7) is 7.87. The van der Waals surface area contributed by atoms with Crippen molar-refractivity contribution >= 4 is 17.3 Å². The third kappa shape index (κ3) is 2.78. The number of halogens is 1. The van der Waals surface area contributed by atoms with E-state index in [1.807, 2.05) is 12.1 Å². The third-order valence-corrected chi connectivity index (χ3v) is 3.57. The number of hydrogen-bond donors (Lipinski definition) is 1. The smallest absolute Gasteiger partial charge is 0.194 e. The molecule has 0 atom stereocenters. The molecule has 3 aromatic rings. The van der Waals surface area contributed by atoms with Gasteiger partial charge in [0.2, 0.25) is 0 Å². The number of rotatable bonds is 3. The second-order valence-electron chi connectivity index (χ2n) is 4.72. The van der Waals surface area contributed by atoms with Crippen LogP contribution in [0.1, 0.15) is 5.56 Å². The number of phenolic OH excluding ortho intramolecular Hbond substituents is 1. The van der Waals surface area contributed by atoms with Crippen LogP contribution in [0.15, 0.2) is 49.1 Å². The van der Waals surface area contributed by atoms with Crippen LogP contribution < -0.4 is 0 Å². The minimum atomic E-state index is -0.00298. The van der Waals surface area contributed by atoms with Crippen LogP contribution in [-0.4, -0.2) is 19.9 Å². The Bertz CT molecular complexity index is 853. The Balaban J connectivity index is 2.04. The summed E-state index contributed by atoms with van der Waals surface area (Å²) in [5, 5.41) is 14.1. The molecule has 0 aliphatic carbocycles. The highest BCUT2D eigenvalue weighted by Gasteiger charge is 2.09. The molecular weight excluding hydrogens is 300 g/mol. The van der Waals surface area contributed by atoms with Crippen molar-refractivity contribution in [2.24, 2.45) is 0 Å². The molecule has 108 valence electrons. The lowest BCUT2D eigenvalue weighted by Crippen LogP contribution is -1.99. The summed E-state index contributed by atoms with van der Waals surface area (Å²) in [5.41, 5.74) is 3.00. The van der Waals surface area contributed by atoms with Gasteiger partial charge in [0.1, 0.15) is 18.4 Å². The Labute approximate surface area is 132 Å². The molecule has 6 heteroatoms. The van der Waals surface area contributed by atoms with Crippen molar-refractivity contribution in [3.63, 3.8) is 0 Å². The Morgan fingerprint density at radius 2 is 2.09 bits per heavy atom. The van der Waals surface area contributed by atoms with E-state index in [4.69, 9.17) is 18.2 Å². The first-order valence-electron chi connectivity index (χ1n) is 6.49. The number of aromatic hydroxyl groups is 1. The molecule has 1 N–H and O–H groups in total. The van der Waals surface area contributed by atoms with Crippen LogP contribution in [0.2, 0.25) is 5.02 Å². The molecule has 0 saturated carbocycles. The normalized spacial score (nSPS) is 10.4. The van der Waals surface area contributed by atoms with Gasteiger partial charge in [-0.1, -0.05) is 35.9 Å². The third-order valence-electron chi connectivity index (χ3n) is 3.25. The van der Waals surface area contributed by atoms with E-state index < -0.39 is 0 Å². The highest BCUT2D eigenvalue weighted by Crippen LogP contribution is 2.35. The van der Waals surface area contributed by atoms with Crippen LogP contribution in [0, 0.1) is 6.57 Å². The van der Waals surface area contributed by atoms with Crippen LogP contribution in [0.25, 0.3) is 16.0 Å². The molecule has 5 nitrogen and oxygen atoms in total. The fourth-order valence-electron chi connectivity index (χ4n) is 2.19. The Kier molecular flexibility index (Phi) is 3.77. The van der Waals surface area contributed by atoms with Crippen LogP contribution in [0.5, 0.6) is 5.75 Å². The first kappa shape index (κ1) is 14.1. The summed E-state index contributed by atoms with van der Waals surface area (Å²) >= 11 is 5.84. The average Bonchev–Trinajstić information content (AvgIpc) is 3.03. The van der Waals surface area contributed by atoms with Gasteiger partial charge < -0.3 is 5.11 Å². The van der Waals surface area contributed by atoms with Crippen molar-refractivity contribution in [3.8, 4) is 16.9 Å². The number of benzene rings is 2. The molecule has 0 spiro atoms. The molecule has 0 fully saturated rings. The van der Waals surface area contributed by atoms with E-state index >= 15 is 0 Å². The molecule has 0 saturated heterocycles. The average molecular weight is 311 g/mol. The minimum absolute atomic E-state index is 0.00298. The molecular formula is C16H11ClN4O. The summed E-state index contributed by atoms with van der Waals surface area (Å²) in [7, 11) is 0. The van der Waals surface area contributed by atoms with Gasteiger partial charge in [-0.25, -0.2) is 14.5 Å². The Hall–Kier alpha value is -2.84. The standard InChI is InChI=1S/C16H11ClN4O/c1-18-15-5-2-11(8-21-10-19-9-20-21)6-13(15)12-3-4-14(17)16(22)7-12/h2-7,9-10,22H,8H2. The van der Waals surface area contributed by atoms with Crippen molar-refractivity contribution in [1.82, 2.24) is 14.8 Å². The van der Waals surface area contributed by atoms with Crippen molar-refractivity contribution in [2.75, 3.05) is 0 Å². The van der Waals surface area contributed by atoms with Crippen LogP contribution in [0.4, 0.5) is 5.69 Å². The molecule has 0 aliphatic rings. The fraction of sp³-hybridized carbons (Fsp3) is 0.0625. The second-order valence-corrected chi connectivity index (χ2v) is 5.13. The molecule has 0 amide bonds. The summed E-state index contributed by atoms with van der Waals surface area (Å²) < 4.78 is 1.70. The first-order chi connectivity index (χ1) is 10.7. The van der Waals surface area contributed by atoms with Crippen LogP contribution >= 0.6 is 11.6 Å². The monoisotopic (exact) mass is 310 g/mol. The predicted molar refractivity (Wildman–Crippen MR) is 83.9 cm³/mol. The van der Waals surface area contributed by atoms with Crippen molar-refractivity contribution in [2.45, 2.75) is 6.54 Å². The lowest BCUT2D eigenvalue weighted by molar-refractivity contribution is 0.476. The van der Waals surface area contributed by atoms with Gasteiger partial charge >= 0.3 is 0 Å². The van der Waals surface area contributed by atoms with E-state index in [0.29, 0.717) is 12.2 Å². The predicted octanol–water partition coefficient (Wildman–Crippen LogP) is 3.90. The van der Waals surface area contributed by atoms with E-state index in [1.165, 1.54) is 6.33 Å². The molecule has 0 bridgehead atoms. The Morgan fingerprint density at radius 1 is 1.23 bits per heavy atom. The summed E-state index contributed by atoms with van der Waals surface area (Å²) in [5.74, 6) is -0.00298. The summed E-state index contributed by atoms with van der Waals surface area (Å²) in [6.07, 6.45) is 3.11. The molecule has 0 aliphatic heterocycles. The van der Waals surface area contributed by atoms with E-state index in [9.17, 15) is 5.11 Å². The second kappa shape index (κ2) is 5.88. The van der Waals surface area contributed by atoms with E-state index in [1.54, 1.807) is 35.3 Å². The number of aromatic nitrogens is 3. The van der Waals surface area contributed by atoms with Crippen LogP contribution in [0.3, 0.4) is 0 Å². The molecule has 0 radical (unpaired) electrons. The van der Waals surface area contributed by atoms with E-state index in [2.05, 4.69) is 14.9 Å². The Morgan fingerprint density at radius 3 is 2.77 bits per heavy atom. The zero-order chi connectivity index (χ0) is 15.5. The summed E-state index contributed by atoms with van der Waals surface area (Å²) in [6, 6.07) is 10.5. The minimum Gasteiger partial charge on any atom is -0.506 e. The zero-order valence-electron chi connectivity index (χ0n) is 11.4. The maximum absolute atomic E-state index is 9.77. The maximum Gasteiger partial charge on any atom is 0.194 e. The van der Waals surface area contributed by atoms with Gasteiger partial charge in [0.25, 0.3) is 0 Å². The van der Waals surface area contributed by atoms with Gasteiger partial charge in [0.05, 0.1) is 18.1 Å². The van der Waals surface area contributed by atoms with E-state index in [-0.39, 0.29) is 10.8 Å². The lowest BCUT2D eigenvalue weighted by Gasteiger charge is -2.09. The number of hydrogen-bond acceptors (Lipinski definition) is 3. The van der Waals surface area contributed by atoms with Gasteiger partial charge in [-0.2, -0.15) is 5.10 Å². The maximum atomic E-state index is 9.77. The largest absolute Gasteiger partial charge is 0.506 e. The highest BCUT2D eigenvalue weighted by molar-refractivity contribution is 6.32. The zero-order valence-corrected chi connectivity index (χ0v) is 12.2. The number of phenols is 1. The van der Waals surface area contributed by atoms with Gasteiger partial charge in [-0.3, -0.25) is 0 Å². The highest BCUT2D eigenvalue weighted by atomic mass is 35.5. The van der Waals surface area contributed by atoms with Crippen molar-refractivity contribution in [3.05, 3.63) is 71.1 Å². The molecule has 1 aromatic heterocycles. The molecule has 1 heterocycles. The van der Waals surface area contributed by atoms with E-state index in [0.717, 1.165) is 16.7 Å². The van der Waals surface area contributed by atoms with Gasteiger partial charge in [0, 0.05) is 0 Å². The van der Waals surface area contributed by atoms with Crippen molar-refractivity contribution in [1.29, 1.82) is 0 Å². The molecule has 0 unspecified atom stereocenters. The van der Waals surface area contributed by atoms with Crippen molar-refractivity contribution < 1.29 is 5.11 Å². The quantitative estimate of drug-likeness (QED) is 0.746. The molecule has 3 rings (SSSR count). The summed E-state index contributed by atoms with van der Waals surface area (Å²) in [4.78, 5) is 7.45. The number of nitrogens with zero attached hydrogens (tertiary/aromatic N) is 4. The fourth-order valence-corrected chi connectivity index (χ4v) is 2.31. The van der Waals surface area contributed by atoms with Gasteiger partial charge in [-0.15, -0.1) is 0 Å². The molecule has 2 aromatic carbocycles. The molecule has 22 heavy (non-hydrogen) atoms. The topological polar surface area (TPSA) is 55.3 Å².